The summed E-state index contributed by atoms with van der Waals surface area (Å²) in [7, 11) is 0. The summed E-state index contributed by atoms with van der Waals surface area (Å²) in [6, 6.07) is 23.2. The monoisotopic (exact) mass is 301 g/mol. The van der Waals surface area contributed by atoms with Crippen LogP contribution in [-0.4, -0.2) is 4.57 Å². The lowest BCUT2D eigenvalue weighted by Crippen LogP contribution is -1.90. The van der Waals surface area contributed by atoms with Gasteiger partial charge in [0.15, 0.2) is 0 Å². The van der Waals surface area contributed by atoms with Crippen LogP contribution < -0.4 is 0 Å². The molecule has 0 aliphatic carbocycles. The molecule has 0 atom stereocenters. The lowest BCUT2D eigenvalue weighted by molar-refractivity contribution is 1.13. The number of hydrogen-bond acceptors (Lipinski definition) is 1. The Hall–Kier alpha value is -2.58. The Kier molecular flexibility index (Phi) is 3.37. The summed E-state index contributed by atoms with van der Waals surface area (Å²) in [6.07, 6.45) is 6.60. The maximum absolute atomic E-state index is 2.25. The topological polar surface area (TPSA) is 4.93 Å². The van der Waals surface area contributed by atoms with Gasteiger partial charge in [0, 0.05) is 27.7 Å². The zero-order valence-corrected chi connectivity index (χ0v) is 12.8. The maximum Gasteiger partial charge on any atom is 0.0534 e. The second-order valence-electron chi connectivity index (χ2n) is 5.16. The molecule has 0 saturated carbocycles. The van der Waals surface area contributed by atoms with Crippen molar-refractivity contribution < 1.29 is 0 Å². The fourth-order valence-electron chi connectivity index (χ4n) is 2.70. The second-order valence-corrected chi connectivity index (χ2v) is 6.14. The Morgan fingerprint density at radius 1 is 0.773 bits per heavy atom. The molecular formula is C20H15NS. The third-order valence-electron chi connectivity index (χ3n) is 3.75. The van der Waals surface area contributed by atoms with Crippen molar-refractivity contribution in [2.24, 2.45) is 0 Å². The Balaban J connectivity index is 1.86. The standard InChI is InChI=1S/C20H15NS/c1-2-7-17(8-3-1)21-15-16(12-13-18-9-6-14-22-18)19-10-4-5-11-20(19)21/h1-15H/b13-12-. The minimum absolute atomic E-state index is 1.19. The lowest BCUT2D eigenvalue weighted by atomic mass is 10.1. The summed E-state index contributed by atoms with van der Waals surface area (Å²) in [5, 5.41) is 3.38. The predicted molar refractivity (Wildman–Crippen MR) is 96.5 cm³/mol. The zero-order chi connectivity index (χ0) is 14.8. The highest BCUT2D eigenvalue weighted by Gasteiger charge is 2.07. The van der Waals surface area contributed by atoms with E-state index in [9.17, 15) is 0 Å². The summed E-state index contributed by atoms with van der Waals surface area (Å²) in [6.45, 7) is 0. The van der Waals surface area contributed by atoms with Crippen molar-refractivity contribution in [3.05, 3.63) is 88.7 Å². The van der Waals surface area contributed by atoms with Crippen LogP contribution in [0.2, 0.25) is 0 Å². The minimum atomic E-state index is 1.19. The van der Waals surface area contributed by atoms with Crippen molar-refractivity contribution in [1.29, 1.82) is 0 Å². The first-order valence-electron chi connectivity index (χ1n) is 7.29. The molecule has 2 heterocycles. The van der Waals surface area contributed by atoms with Crippen molar-refractivity contribution in [1.82, 2.24) is 4.57 Å². The molecule has 0 N–H and O–H groups in total. The molecule has 4 aromatic rings. The fourth-order valence-corrected chi connectivity index (χ4v) is 3.32. The average Bonchev–Trinajstić information content (AvgIpc) is 3.22. The van der Waals surface area contributed by atoms with Crippen LogP contribution in [0.3, 0.4) is 0 Å². The number of hydrogen-bond donors (Lipinski definition) is 0. The summed E-state index contributed by atoms with van der Waals surface area (Å²) in [5.74, 6) is 0. The zero-order valence-electron chi connectivity index (χ0n) is 12.0. The quantitative estimate of drug-likeness (QED) is 0.446. The molecule has 2 aromatic carbocycles. The number of aromatic nitrogens is 1. The van der Waals surface area contributed by atoms with Gasteiger partial charge in [-0.1, -0.05) is 48.5 Å². The number of para-hydroxylation sites is 2. The lowest BCUT2D eigenvalue weighted by Gasteiger charge is -2.04. The van der Waals surface area contributed by atoms with Crippen LogP contribution in [0.15, 0.2) is 78.3 Å². The number of nitrogens with zero attached hydrogens (tertiary/aromatic N) is 1. The van der Waals surface area contributed by atoms with E-state index < -0.39 is 0 Å². The van der Waals surface area contributed by atoms with Crippen LogP contribution in [0, 0.1) is 0 Å². The van der Waals surface area contributed by atoms with E-state index in [1.165, 1.54) is 27.0 Å². The van der Waals surface area contributed by atoms with E-state index in [4.69, 9.17) is 0 Å². The maximum atomic E-state index is 2.25. The van der Waals surface area contributed by atoms with Crippen LogP contribution in [0.25, 0.3) is 28.7 Å². The van der Waals surface area contributed by atoms with Crippen molar-refractivity contribution in [3.8, 4) is 5.69 Å². The number of thiophene rings is 1. The van der Waals surface area contributed by atoms with Gasteiger partial charge in [-0.2, -0.15) is 0 Å². The van der Waals surface area contributed by atoms with E-state index in [2.05, 4.69) is 89.0 Å². The van der Waals surface area contributed by atoms with Crippen molar-refractivity contribution >= 4 is 34.4 Å². The first-order chi connectivity index (χ1) is 10.9. The smallest absolute Gasteiger partial charge is 0.0534 e. The first-order valence-corrected chi connectivity index (χ1v) is 8.17. The Labute approximate surface area is 133 Å². The normalized spacial score (nSPS) is 11.5. The van der Waals surface area contributed by atoms with E-state index in [1.807, 2.05) is 6.07 Å². The van der Waals surface area contributed by atoms with Gasteiger partial charge >= 0.3 is 0 Å². The van der Waals surface area contributed by atoms with Crippen molar-refractivity contribution in [2.75, 3.05) is 0 Å². The largest absolute Gasteiger partial charge is 0.316 e. The van der Waals surface area contributed by atoms with E-state index in [0.29, 0.717) is 0 Å². The van der Waals surface area contributed by atoms with Gasteiger partial charge in [0.25, 0.3) is 0 Å². The number of fused-ring (bicyclic) bond motifs is 1. The Bertz CT molecular complexity index is 915. The van der Waals surface area contributed by atoms with E-state index in [-0.39, 0.29) is 0 Å². The fraction of sp³-hybridized carbons (Fsp3) is 0. The molecule has 1 nitrogen and oxygen atoms in total. The SMILES string of the molecule is C(=C/c1cn(-c2ccccc2)c2ccccc12)/c1cccs1. The van der Waals surface area contributed by atoms with Gasteiger partial charge < -0.3 is 4.57 Å². The molecule has 4 rings (SSSR count). The van der Waals surface area contributed by atoms with Gasteiger partial charge in [-0.05, 0) is 35.7 Å². The Morgan fingerprint density at radius 3 is 2.41 bits per heavy atom. The highest BCUT2D eigenvalue weighted by Crippen LogP contribution is 2.26. The van der Waals surface area contributed by atoms with E-state index >= 15 is 0 Å². The summed E-state index contributed by atoms with van der Waals surface area (Å²) < 4.78 is 2.25. The van der Waals surface area contributed by atoms with Gasteiger partial charge in [0.1, 0.15) is 0 Å². The second kappa shape index (κ2) is 5.66. The molecule has 2 heteroatoms. The van der Waals surface area contributed by atoms with Crippen LogP contribution in [0.1, 0.15) is 10.4 Å². The number of benzene rings is 2. The Morgan fingerprint density at radius 2 is 1.59 bits per heavy atom. The molecule has 0 fully saturated rings. The molecular weight excluding hydrogens is 286 g/mol. The van der Waals surface area contributed by atoms with Crippen LogP contribution >= 0.6 is 11.3 Å². The van der Waals surface area contributed by atoms with Crippen molar-refractivity contribution in [3.63, 3.8) is 0 Å². The third kappa shape index (κ3) is 2.38. The van der Waals surface area contributed by atoms with E-state index in [1.54, 1.807) is 11.3 Å². The molecule has 0 saturated heterocycles. The molecule has 0 radical (unpaired) electrons. The van der Waals surface area contributed by atoms with E-state index in [0.717, 1.165) is 0 Å². The van der Waals surface area contributed by atoms with Gasteiger partial charge in [0.2, 0.25) is 0 Å². The molecule has 0 aliphatic rings. The summed E-state index contributed by atoms with van der Waals surface area (Å²) >= 11 is 1.76. The summed E-state index contributed by atoms with van der Waals surface area (Å²) in [4.78, 5) is 1.27. The van der Waals surface area contributed by atoms with Crippen molar-refractivity contribution in [2.45, 2.75) is 0 Å². The molecule has 0 aliphatic heterocycles. The van der Waals surface area contributed by atoms with Crippen LogP contribution in [-0.2, 0) is 0 Å². The molecule has 0 bridgehead atoms. The predicted octanol–water partition coefficient (Wildman–Crippen LogP) is 5.86. The van der Waals surface area contributed by atoms with Gasteiger partial charge in [0.05, 0.1) is 5.52 Å². The third-order valence-corrected chi connectivity index (χ3v) is 4.59. The average molecular weight is 301 g/mol. The number of rotatable bonds is 3. The molecule has 2 aromatic heterocycles. The van der Waals surface area contributed by atoms with Crippen LogP contribution in [0.5, 0.6) is 0 Å². The van der Waals surface area contributed by atoms with Gasteiger partial charge in [-0.3, -0.25) is 0 Å². The molecule has 0 spiro atoms. The molecule has 22 heavy (non-hydrogen) atoms. The van der Waals surface area contributed by atoms with Gasteiger partial charge in [-0.25, -0.2) is 0 Å². The highest BCUT2D eigenvalue weighted by atomic mass is 32.1. The van der Waals surface area contributed by atoms with Gasteiger partial charge in [-0.15, -0.1) is 11.3 Å². The summed E-state index contributed by atoms with van der Waals surface area (Å²) in [5.41, 5.74) is 3.67. The van der Waals surface area contributed by atoms with Crippen LogP contribution in [0.4, 0.5) is 0 Å². The highest BCUT2D eigenvalue weighted by molar-refractivity contribution is 7.10. The first kappa shape index (κ1) is 13.1. The molecule has 0 amide bonds. The minimum Gasteiger partial charge on any atom is -0.316 e. The molecule has 106 valence electrons. The molecule has 0 unspecified atom stereocenters.